The molecule has 0 fully saturated rings. The van der Waals surface area contributed by atoms with Crippen LogP contribution in [0.1, 0.15) is 15.9 Å². The van der Waals surface area contributed by atoms with Crippen LogP contribution in [0, 0.1) is 15.9 Å². The van der Waals surface area contributed by atoms with Gasteiger partial charge < -0.3 is 9.88 Å². The minimum atomic E-state index is -0.991. The molecule has 8 heteroatoms. The number of hydrogen-bond donors (Lipinski definition) is 1. The van der Waals surface area contributed by atoms with Gasteiger partial charge in [0.05, 0.1) is 17.0 Å². The number of anilines is 1. The molecule has 2 aromatic carbocycles. The number of nitro benzene ring substituents is 1. The maximum Gasteiger partial charge on any atom is 0.306 e. The summed E-state index contributed by atoms with van der Waals surface area (Å²) < 4.78 is 14.8. The molecule has 0 aliphatic heterocycles. The third kappa shape index (κ3) is 4.24. The number of carbonyl (C=O) groups is 1. The Bertz CT molecular complexity index is 1060. The van der Waals surface area contributed by atoms with Gasteiger partial charge in [-0.25, -0.2) is 0 Å². The molecule has 0 spiro atoms. The number of nitrogens with one attached hydrogen (secondary N) is 1. The first-order chi connectivity index (χ1) is 12.9. The normalized spacial score (nSPS) is 10.4. The number of aromatic nitrogens is 1. The van der Waals surface area contributed by atoms with E-state index in [1.54, 1.807) is 0 Å². The number of halogens is 1. The van der Waals surface area contributed by atoms with E-state index in [1.165, 1.54) is 29.0 Å². The molecule has 0 aliphatic rings. The minimum Gasteiger partial charge on any atom is -0.322 e. The zero-order valence-corrected chi connectivity index (χ0v) is 14.0. The molecule has 3 aromatic rings. The molecule has 3 rings (SSSR count). The van der Waals surface area contributed by atoms with Crippen molar-refractivity contribution in [3.05, 3.63) is 104 Å². The van der Waals surface area contributed by atoms with E-state index in [4.69, 9.17) is 0 Å². The van der Waals surface area contributed by atoms with Crippen LogP contribution in [-0.2, 0) is 6.54 Å². The van der Waals surface area contributed by atoms with Gasteiger partial charge in [0, 0.05) is 24.0 Å². The van der Waals surface area contributed by atoms with E-state index in [0.29, 0.717) is 6.54 Å². The van der Waals surface area contributed by atoms with E-state index in [9.17, 15) is 24.1 Å². The largest absolute Gasteiger partial charge is 0.322 e. The summed E-state index contributed by atoms with van der Waals surface area (Å²) in [6, 6.07) is 15.0. The van der Waals surface area contributed by atoms with Gasteiger partial charge in [-0.05, 0) is 23.8 Å². The lowest BCUT2D eigenvalue weighted by Crippen LogP contribution is -2.22. The second kappa shape index (κ2) is 7.61. The Morgan fingerprint density at radius 1 is 1.11 bits per heavy atom. The molecular formula is C19H14FN3O4. The molecule has 0 bridgehead atoms. The quantitative estimate of drug-likeness (QED) is 0.553. The molecule has 1 amide bonds. The van der Waals surface area contributed by atoms with Gasteiger partial charge >= 0.3 is 5.69 Å². The first-order valence-electron chi connectivity index (χ1n) is 7.94. The lowest BCUT2D eigenvalue weighted by Gasteiger charge is -2.09. The van der Waals surface area contributed by atoms with E-state index in [0.717, 1.165) is 17.7 Å². The molecule has 0 unspecified atom stereocenters. The summed E-state index contributed by atoms with van der Waals surface area (Å²) in [4.78, 5) is 34.4. The van der Waals surface area contributed by atoms with Crippen LogP contribution < -0.4 is 10.9 Å². The smallest absolute Gasteiger partial charge is 0.306 e. The number of rotatable bonds is 5. The van der Waals surface area contributed by atoms with Crippen LogP contribution in [0.2, 0.25) is 0 Å². The third-order valence-electron chi connectivity index (χ3n) is 3.84. The van der Waals surface area contributed by atoms with Crippen molar-refractivity contribution in [3.63, 3.8) is 0 Å². The summed E-state index contributed by atoms with van der Waals surface area (Å²) in [5, 5.41) is 13.3. The van der Waals surface area contributed by atoms with Crippen molar-refractivity contribution < 1.29 is 14.1 Å². The van der Waals surface area contributed by atoms with Crippen LogP contribution in [0.4, 0.5) is 15.8 Å². The molecule has 1 heterocycles. The van der Waals surface area contributed by atoms with Crippen molar-refractivity contribution in [1.29, 1.82) is 0 Å². The van der Waals surface area contributed by atoms with E-state index >= 15 is 0 Å². The van der Waals surface area contributed by atoms with Gasteiger partial charge in [0.2, 0.25) is 5.82 Å². The van der Waals surface area contributed by atoms with Gasteiger partial charge in [-0.2, -0.15) is 4.39 Å². The Morgan fingerprint density at radius 2 is 1.85 bits per heavy atom. The fourth-order valence-electron chi connectivity index (χ4n) is 2.50. The maximum atomic E-state index is 13.4. The highest BCUT2D eigenvalue weighted by molar-refractivity contribution is 6.04. The molecule has 0 atom stereocenters. The van der Waals surface area contributed by atoms with Gasteiger partial charge in [-0.1, -0.05) is 30.3 Å². The molecule has 0 radical (unpaired) electrons. The van der Waals surface area contributed by atoms with Crippen LogP contribution >= 0.6 is 0 Å². The fraction of sp³-hybridized carbons (Fsp3) is 0.0526. The fourth-order valence-corrected chi connectivity index (χ4v) is 2.50. The number of nitrogens with zero attached hydrogens (tertiary/aromatic N) is 2. The highest BCUT2D eigenvalue weighted by Crippen LogP contribution is 2.22. The van der Waals surface area contributed by atoms with Crippen molar-refractivity contribution in [1.82, 2.24) is 4.57 Å². The lowest BCUT2D eigenvalue weighted by molar-refractivity contribution is -0.387. The lowest BCUT2D eigenvalue weighted by atomic mass is 10.2. The van der Waals surface area contributed by atoms with Gasteiger partial charge in [0.15, 0.2) is 0 Å². The van der Waals surface area contributed by atoms with E-state index in [-0.39, 0.29) is 16.8 Å². The summed E-state index contributed by atoms with van der Waals surface area (Å²) in [5.74, 6) is -1.56. The van der Waals surface area contributed by atoms with Crippen molar-refractivity contribution in [2.45, 2.75) is 6.54 Å². The Labute approximate surface area is 152 Å². The Kier molecular flexibility index (Phi) is 5.07. The highest BCUT2D eigenvalue weighted by Gasteiger charge is 2.16. The van der Waals surface area contributed by atoms with Crippen LogP contribution in [0.3, 0.4) is 0 Å². The summed E-state index contributed by atoms with van der Waals surface area (Å²) in [6.45, 7) is 0.294. The van der Waals surface area contributed by atoms with Crippen molar-refractivity contribution in [2.75, 3.05) is 5.32 Å². The third-order valence-corrected chi connectivity index (χ3v) is 3.84. The molecule has 0 saturated carbocycles. The molecule has 0 aliphatic carbocycles. The molecule has 1 aromatic heterocycles. The Morgan fingerprint density at radius 3 is 2.56 bits per heavy atom. The average molecular weight is 367 g/mol. The summed E-state index contributed by atoms with van der Waals surface area (Å²) >= 11 is 0. The van der Waals surface area contributed by atoms with Crippen molar-refractivity contribution >= 4 is 17.3 Å². The first-order valence-corrected chi connectivity index (χ1v) is 7.94. The zero-order chi connectivity index (χ0) is 19.4. The predicted octanol–water partition coefficient (Wildman–Crippen LogP) is 3.20. The van der Waals surface area contributed by atoms with E-state index in [1.807, 2.05) is 30.3 Å². The van der Waals surface area contributed by atoms with E-state index in [2.05, 4.69) is 5.32 Å². The van der Waals surface area contributed by atoms with Crippen LogP contribution in [-0.4, -0.2) is 15.4 Å². The summed E-state index contributed by atoms with van der Waals surface area (Å²) in [5.41, 5.74) is 0.160. The van der Waals surface area contributed by atoms with Crippen molar-refractivity contribution in [2.24, 2.45) is 0 Å². The van der Waals surface area contributed by atoms with E-state index < -0.39 is 22.3 Å². The van der Waals surface area contributed by atoms with Crippen molar-refractivity contribution in [3.8, 4) is 0 Å². The summed E-state index contributed by atoms with van der Waals surface area (Å²) in [6.07, 6.45) is 1.41. The van der Waals surface area contributed by atoms with Crippen LogP contribution in [0.5, 0.6) is 0 Å². The Balaban J connectivity index is 1.83. The second-order valence-corrected chi connectivity index (χ2v) is 5.75. The molecule has 27 heavy (non-hydrogen) atoms. The number of amides is 1. The number of nitro groups is 1. The average Bonchev–Trinajstić information content (AvgIpc) is 2.65. The first kappa shape index (κ1) is 18.0. The molecule has 136 valence electrons. The van der Waals surface area contributed by atoms with Gasteiger partial charge in [-0.15, -0.1) is 0 Å². The number of pyridine rings is 1. The standard InChI is InChI=1S/C19H14FN3O4/c20-16-8-7-15(10-17(16)23(26)27)21-19(25)14-6-9-18(24)22(12-14)11-13-4-2-1-3-5-13/h1-10,12H,11H2,(H,21,25). The molecule has 1 N–H and O–H groups in total. The summed E-state index contributed by atoms with van der Waals surface area (Å²) in [7, 11) is 0. The highest BCUT2D eigenvalue weighted by atomic mass is 19.1. The van der Waals surface area contributed by atoms with Gasteiger partial charge in [0.25, 0.3) is 11.5 Å². The minimum absolute atomic E-state index is 0.0777. The Hall–Kier alpha value is -3.81. The molecule has 0 saturated heterocycles. The second-order valence-electron chi connectivity index (χ2n) is 5.75. The van der Waals surface area contributed by atoms with Crippen LogP contribution in [0.25, 0.3) is 0 Å². The monoisotopic (exact) mass is 367 g/mol. The van der Waals surface area contributed by atoms with Crippen LogP contribution in [0.15, 0.2) is 71.7 Å². The number of hydrogen-bond acceptors (Lipinski definition) is 4. The number of benzene rings is 2. The van der Waals surface area contributed by atoms with Gasteiger partial charge in [-0.3, -0.25) is 19.7 Å². The zero-order valence-electron chi connectivity index (χ0n) is 14.0. The topological polar surface area (TPSA) is 94.2 Å². The van der Waals surface area contributed by atoms with Gasteiger partial charge in [0.1, 0.15) is 0 Å². The SMILES string of the molecule is O=C(Nc1ccc(F)c([N+](=O)[O-])c1)c1ccc(=O)n(Cc2ccccc2)c1. The maximum absolute atomic E-state index is 13.4. The molecular weight excluding hydrogens is 353 g/mol. The number of carbonyl (C=O) groups excluding carboxylic acids is 1. The predicted molar refractivity (Wildman–Crippen MR) is 97.3 cm³/mol. The molecule has 7 nitrogen and oxygen atoms in total.